The number of aliphatic hydroxyl groups is 1. The van der Waals surface area contributed by atoms with Crippen LogP contribution < -0.4 is 5.32 Å². The zero-order valence-corrected chi connectivity index (χ0v) is 18.1. The Balaban J connectivity index is 1.73. The number of hydrogen-bond donors (Lipinski definition) is 2. The summed E-state index contributed by atoms with van der Waals surface area (Å²) in [6, 6.07) is 24.5. The lowest BCUT2D eigenvalue weighted by atomic mass is 9.84. The van der Waals surface area contributed by atoms with Gasteiger partial charge in [0.1, 0.15) is 5.60 Å². The topological polar surface area (TPSA) is 58.6 Å². The molecule has 0 saturated heterocycles. The molecule has 4 rings (SSSR count). The van der Waals surface area contributed by atoms with Crippen molar-refractivity contribution in [3.63, 3.8) is 0 Å². The van der Waals surface area contributed by atoms with E-state index in [2.05, 4.69) is 53.8 Å². The summed E-state index contributed by atoms with van der Waals surface area (Å²) in [5.74, 6) is 0.0105. The van der Waals surface area contributed by atoms with E-state index in [0.29, 0.717) is 5.69 Å². The van der Waals surface area contributed by atoms with Gasteiger partial charge in [-0.1, -0.05) is 66.7 Å². The average molecular weight is 414 g/mol. The molecule has 3 aromatic carbocycles. The van der Waals surface area contributed by atoms with Crippen molar-refractivity contribution >= 4 is 17.4 Å². The van der Waals surface area contributed by atoms with Gasteiger partial charge in [0.05, 0.1) is 6.61 Å². The highest BCUT2D eigenvalue weighted by Crippen LogP contribution is 2.50. The molecule has 0 aliphatic heterocycles. The standard InChI is InChI=1S/C27H27NO3/c1-27(2,3)31-26(30)28-19-10-8-9-18(17-19)20(15-16-29)25-23-13-6-4-11-21(23)22-12-5-7-14-24(22)25/h4-15,17,25,29H,16H2,1-3H3,(H,28,30). The molecule has 4 nitrogen and oxygen atoms in total. The first-order chi connectivity index (χ1) is 14.9. The molecule has 0 fully saturated rings. The van der Waals surface area contributed by atoms with Crippen LogP contribution in [0.3, 0.4) is 0 Å². The molecule has 1 aliphatic rings. The van der Waals surface area contributed by atoms with Crippen LogP contribution in [-0.4, -0.2) is 23.4 Å². The fourth-order valence-corrected chi connectivity index (χ4v) is 4.19. The van der Waals surface area contributed by atoms with Crippen molar-refractivity contribution in [2.24, 2.45) is 0 Å². The number of anilines is 1. The molecular formula is C27H27NO3. The number of nitrogens with one attached hydrogen (secondary N) is 1. The maximum atomic E-state index is 12.2. The normalized spacial score (nSPS) is 13.5. The van der Waals surface area contributed by atoms with Gasteiger partial charge in [-0.3, -0.25) is 5.32 Å². The zero-order chi connectivity index (χ0) is 22.0. The number of fused-ring (bicyclic) bond motifs is 3. The van der Waals surface area contributed by atoms with Gasteiger partial charge in [0, 0.05) is 11.6 Å². The molecule has 158 valence electrons. The van der Waals surface area contributed by atoms with E-state index in [1.807, 2.05) is 51.1 Å². The van der Waals surface area contributed by atoms with Crippen LogP contribution in [0.25, 0.3) is 16.7 Å². The van der Waals surface area contributed by atoms with E-state index >= 15 is 0 Å². The summed E-state index contributed by atoms with van der Waals surface area (Å²) in [7, 11) is 0. The lowest BCUT2D eigenvalue weighted by molar-refractivity contribution is 0.0636. The Morgan fingerprint density at radius 1 is 0.968 bits per heavy atom. The van der Waals surface area contributed by atoms with Gasteiger partial charge in [-0.2, -0.15) is 0 Å². The number of allylic oxidation sites excluding steroid dienone is 1. The minimum atomic E-state index is -0.569. The van der Waals surface area contributed by atoms with E-state index in [-0.39, 0.29) is 12.5 Å². The minimum Gasteiger partial charge on any atom is -0.444 e. The Labute approximate surface area is 183 Å². The van der Waals surface area contributed by atoms with Crippen LogP contribution in [0, 0.1) is 0 Å². The molecule has 0 radical (unpaired) electrons. The summed E-state index contributed by atoms with van der Waals surface area (Å²) in [4.78, 5) is 12.2. The summed E-state index contributed by atoms with van der Waals surface area (Å²) in [5.41, 5.74) is 6.90. The number of benzene rings is 3. The number of hydrogen-bond acceptors (Lipinski definition) is 3. The molecule has 0 heterocycles. The fraction of sp³-hybridized carbons (Fsp3) is 0.222. The van der Waals surface area contributed by atoms with E-state index in [1.54, 1.807) is 0 Å². The first-order valence-corrected chi connectivity index (χ1v) is 10.5. The smallest absolute Gasteiger partial charge is 0.412 e. The Morgan fingerprint density at radius 2 is 1.58 bits per heavy atom. The van der Waals surface area contributed by atoms with Crippen LogP contribution in [0.1, 0.15) is 43.4 Å². The summed E-state index contributed by atoms with van der Waals surface area (Å²) >= 11 is 0. The van der Waals surface area contributed by atoms with Crippen LogP contribution in [-0.2, 0) is 4.74 Å². The van der Waals surface area contributed by atoms with Gasteiger partial charge in [0.2, 0.25) is 0 Å². The molecule has 2 N–H and O–H groups in total. The molecule has 0 spiro atoms. The quantitative estimate of drug-likeness (QED) is 0.534. The molecule has 1 amide bonds. The predicted molar refractivity (Wildman–Crippen MR) is 125 cm³/mol. The van der Waals surface area contributed by atoms with Gasteiger partial charge in [0.25, 0.3) is 0 Å². The predicted octanol–water partition coefficient (Wildman–Crippen LogP) is 6.22. The maximum absolute atomic E-state index is 12.2. The second-order valence-corrected chi connectivity index (χ2v) is 8.66. The first kappa shape index (κ1) is 20.9. The lowest BCUT2D eigenvalue weighted by Gasteiger charge is -2.21. The van der Waals surface area contributed by atoms with Gasteiger partial charge in [0.15, 0.2) is 0 Å². The lowest BCUT2D eigenvalue weighted by Crippen LogP contribution is -2.27. The third-order valence-electron chi connectivity index (χ3n) is 5.30. The van der Waals surface area contributed by atoms with E-state index in [1.165, 1.54) is 22.3 Å². The molecule has 1 aliphatic carbocycles. The largest absolute Gasteiger partial charge is 0.444 e. The fourth-order valence-electron chi connectivity index (χ4n) is 4.19. The molecule has 0 saturated carbocycles. The van der Waals surface area contributed by atoms with Gasteiger partial charge in [-0.25, -0.2) is 4.79 Å². The Morgan fingerprint density at radius 3 is 2.16 bits per heavy atom. The Bertz CT molecular complexity index is 1100. The monoisotopic (exact) mass is 413 g/mol. The number of aliphatic hydroxyl groups excluding tert-OH is 1. The SMILES string of the molecule is CC(C)(C)OC(=O)Nc1cccc(C(=CCO)C2c3ccccc3-c3ccccc32)c1. The Kier molecular flexibility index (Phi) is 5.66. The van der Waals surface area contributed by atoms with E-state index in [4.69, 9.17) is 4.74 Å². The molecular weight excluding hydrogens is 386 g/mol. The van der Waals surface area contributed by atoms with Gasteiger partial charge >= 0.3 is 6.09 Å². The minimum absolute atomic E-state index is 0.0105. The Hall–Kier alpha value is -3.37. The zero-order valence-electron chi connectivity index (χ0n) is 18.1. The molecule has 31 heavy (non-hydrogen) atoms. The molecule has 4 heteroatoms. The number of amides is 1. The molecule has 3 aromatic rings. The van der Waals surface area contributed by atoms with Crippen LogP contribution in [0.15, 0.2) is 78.9 Å². The number of carbonyl (C=O) groups excluding carboxylic acids is 1. The third kappa shape index (κ3) is 4.39. The molecule has 0 unspecified atom stereocenters. The van der Waals surface area contributed by atoms with E-state index in [0.717, 1.165) is 11.1 Å². The second-order valence-electron chi connectivity index (χ2n) is 8.66. The van der Waals surface area contributed by atoms with Gasteiger partial charge in [-0.15, -0.1) is 0 Å². The van der Waals surface area contributed by atoms with Crippen molar-refractivity contribution < 1.29 is 14.6 Å². The average Bonchev–Trinajstić information content (AvgIpc) is 3.05. The van der Waals surface area contributed by atoms with E-state index in [9.17, 15) is 9.90 Å². The summed E-state index contributed by atoms with van der Waals surface area (Å²) in [6.07, 6.45) is 1.37. The summed E-state index contributed by atoms with van der Waals surface area (Å²) in [6.45, 7) is 5.43. The second kappa shape index (κ2) is 8.40. The van der Waals surface area contributed by atoms with Gasteiger partial charge in [-0.05, 0) is 66.3 Å². The van der Waals surface area contributed by atoms with Crippen molar-refractivity contribution in [3.05, 3.63) is 95.6 Å². The van der Waals surface area contributed by atoms with Crippen LogP contribution in [0.2, 0.25) is 0 Å². The van der Waals surface area contributed by atoms with Crippen molar-refractivity contribution in [1.29, 1.82) is 0 Å². The van der Waals surface area contributed by atoms with Gasteiger partial charge < -0.3 is 9.84 Å². The van der Waals surface area contributed by atoms with E-state index < -0.39 is 11.7 Å². The first-order valence-electron chi connectivity index (χ1n) is 10.5. The summed E-state index contributed by atoms with van der Waals surface area (Å²) < 4.78 is 5.38. The highest BCUT2D eigenvalue weighted by molar-refractivity contribution is 5.90. The molecule has 0 aromatic heterocycles. The number of rotatable bonds is 4. The number of ether oxygens (including phenoxy) is 1. The van der Waals surface area contributed by atoms with Crippen molar-refractivity contribution in [2.45, 2.75) is 32.3 Å². The third-order valence-corrected chi connectivity index (χ3v) is 5.30. The maximum Gasteiger partial charge on any atom is 0.412 e. The van der Waals surface area contributed by atoms with Crippen LogP contribution in [0.4, 0.5) is 10.5 Å². The highest BCUT2D eigenvalue weighted by Gasteiger charge is 2.31. The number of carbonyl (C=O) groups is 1. The van der Waals surface area contributed by atoms with Crippen molar-refractivity contribution in [3.8, 4) is 11.1 Å². The van der Waals surface area contributed by atoms with Crippen LogP contribution in [0.5, 0.6) is 0 Å². The molecule has 0 atom stereocenters. The van der Waals surface area contributed by atoms with Crippen LogP contribution >= 0.6 is 0 Å². The highest BCUT2D eigenvalue weighted by atomic mass is 16.6. The van der Waals surface area contributed by atoms with Crippen molar-refractivity contribution in [1.82, 2.24) is 0 Å². The molecule has 0 bridgehead atoms. The summed E-state index contributed by atoms with van der Waals surface area (Å²) in [5, 5.41) is 12.6. The van der Waals surface area contributed by atoms with Crippen molar-refractivity contribution in [2.75, 3.05) is 11.9 Å².